The van der Waals surface area contributed by atoms with E-state index in [2.05, 4.69) is 43.3 Å². The number of allylic oxidation sites excluding steroid dienone is 2. The molecule has 0 nitrogen and oxygen atoms in total. The number of alkyl halides is 1. The highest BCUT2D eigenvalue weighted by atomic mass is 19.1. The molecule has 29 heavy (non-hydrogen) atoms. The Morgan fingerprint density at radius 1 is 0.966 bits per heavy atom. The number of halogens is 3. The Balaban J connectivity index is 0.000000278. The minimum absolute atomic E-state index is 0.143. The maximum Gasteiger partial charge on any atom is 0.129 e. The molecule has 0 unspecified atom stereocenters. The van der Waals surface area contributed by atoms with Crippen LogP contribution in [0.2, 0.25) is 0 Å². The summed E-state index contributed by atoms with van der Waals surface area (Å²) in [6.07, 6.45) is 12.3. The number of aryl methyl sites for hydroxylation is 2. The molecule has 158 valence electrons. The zero-order valence-corrected chi connectivity index (χ0v) is 17.6. The van der Waals surface area contributed by atoms with E-state index < -0.39 is 11.6 Å². The van der Waals surface area contributed by atoms with Crippen LogP contribution in [-0.2, 0) is 6.42 Å². The Morgan fingerprint density at radius 2 is 1.66 bits per heavy atom. The molecular weight excluding hydrogens is 369 g/mol. The highest BCUT2D eigenvalue weighted by molar-refractivity contribution is 5.26. The second kappa shape index (κ2) is 12.5. The van der Waals surface area contributed by atoms with Gasteiger partial charge in [0, 0.05) is 6.07 Å². The van der Waals surface area contributed by atoms with Gasteiger partial charge in [-0.05, 0) is 93.4 Å². The highest BCUT2D eigenvalue weighted by Crippen LogP contribution is 2.37. The van der Waals surface area contributed by atoms with Gasteiger partial charge in [0.25, 0.3) is 0 Å². The summed E-state index contributed by atoms with van der Waals surface area (Å²) in [5, 5.41) is 0. The third-order valence-corrected chi connectivity index (χ3v) is 5.78. The lowest BCUT2D eigenvalue weighted by atomic mass is 9.77. The minimum Gasteiger partial charge on any atom is -0.251 e. The van der Waals surface area contributed by atoms with Crippen LogP contribution in [0.1, 0.15) is 68.1 Å². The third-order valence-electron chi connectivity index (χ3n) is 5.78. The summed E-state index contributed by atoms with van der Waals surface area (Å²) in [5.41, 5.74) is 3.38. The predicted octanol–water partition coefficient (Wildman–Crippen LogP) is 8.10. The van der Waals surface area contributed by atoms with E-state index >= 15 is 0 Å². The molecule has 0 radical (unpaired) electrons. The van der Waals surface area contributed by atoms with E-state index in [0.717, 1.165) is 25.3 Å². The zero-order valence-electron chi connectivity index (χ0n) is 17.6. The lowest BCUT2D eigenvalue weighted by molar-refractivity contribution is 0.283. The molecule has 0 atom stereocenters. The molecule has 0 aliphatic heterocycles. The van der Waals surface area contributed by atoms with Crippen molar-refractivity contribution in [3.63, 3.8) is 0 Å². The van der Waals surface area contributed by atoms with Crippen LogP contribution in [0, 0.1) is 24.5 Å². The van der Waals surface area contributed by atoms with Crippen molar-refractivity contribution < 1.29 is 13.2 Å². The normalized spacial score (nSPS) is 19.1. The van der Waals surface area contributed by atoms with E-state index in [4.69, 9.17) is 0 Å². The van der Waals surface area contributed by atoms with Crippen LogP contribution in [0.15, 0.2) is 54.6 Å². The van der Waals surface area contributed by atoms with E-state index in [1.807, 2.05) is 0 Å². The van der Waals surface area contributed by atoms with E-state index in [9.17, 15) is 13.2 Å². The highest BCUT2D eigenvalue weighted by Gasteiger charge is 2.21. The zero-order chi connectivity index (χ0) is 21.1. The van der Waals surface area contributed by atoms with Crippen LogP contribution >= 0.6 is 0 Å². The molecule has 3 rings (SSSR count). The van der Waals surface area contributed by atoms with Crippen molar-refractivity contribution in [1.29, 1.82) is 0 Å². The van der Waals surface area contributed by atoms with E-state index in [1.165, 1.54) is 48.9 Å². The molecule has 2 aromatic rings. The average Bonchev–Trinajstić information content (AvgIpc) is 2.73. The van der Waals surface area contributed by atoms with Crippen molar-refractivity contribution in [2.45, 2.75) is 64.7 Å². The lowest BCUT2D eigenvalue weighted by Gasteiger charge is -2.28. The summed E-state index contributed by atoms with van der Waals surface area (Å²) in [6.45, 7) is 3.52. The molecule has 0 N–H and O–H groups in total. The van der Waals surface area contributed by atoms with Gasteiger partial charge in [-0.25, -0.2) is 8.78 Å². The van der Waals surface area contributed by atoms with Gasteiger partial charge in [0.2, 0.25) is 0 Å². The van der Waals surface area contributed by atoms with Gasteiger partial charge in [-0.3, -0.25) is 4.39 Å². The van der Waals surface area contributed by atoms with Gasteiger partial charge in [-0.15, -0.1) is 0 Å². The van der Waals surface area contributed by atoms with Crippen molar-refractivity contribution in [3.05, 3.63) is 82.9 Å². The maximum absolute atomic E-state index is 12.4. The van der Waals surface area contributed by atoms with Gasteiger partial charge in [0.05, 0.1) is 6.67 Å². The topological polar surface area (TPSA) is 0 Å². The summed E-state index contributed by atoms with van der Waals surface area (Å²) in [5.74, 6) is 0.319. The van der Waals surface area contributed by atoms with Gasteiger partial charge < -0.3 is 0 Å². The SMILES string of the molecule is C/C=C/CCc1ccc(C2CCC(CCF)CC2)cc1.Cc1ccc(F)cc1F. The van der Waals surface area contributed by atoms with Gasteiger partial charge in [-0.1, -0.05) is 42.5 Å². The molecule has 0 heterocycles. The average molecular weight is 403 g/mol. The van der Waals surface area contributed by atoms with Crippen molar-refractivity contribution in [2.75, 3.05) is 6.67 Å². The number of hydrogen-bond donors (Lipinski definition) is 0. The number of rotatable bonds is 6. The summed E-state index contributed by atoms with van der Waals surface area (Å²) in [4.78, 5) is 0. The van der Waals surface area contributed by atoms with Gasteiger partial charge in [0.15, 0.2) is 0 Å². The van der Waals surface area contributed by atoms with Crippen molar-refractivity contribution >= 4 is 0 Å². The van der Waals surface area contributed by atoms with Crippen LogP contribution in [0.3, 0.4) is 0 Å². The molecule has 1 saturated carbocycles. The Labute approximate surface area is 173 Å². The molecule has 0 spiro atoms. The Morgan fingerprint density at radius 3 is 2.21 bits per heavy atom. The molecule has 2 aromatic carbocycles. The second-order valence-corrected chi connectivity index (χ2v) is 7.94. The summed E-state index contributed by atoms with van der Waals surface area (Å²) in [7, 11) is 0. The fourth-order valence-corrected chi connectivity index (χ4v) is 3.88. The summed E-state index contributed by atoms with van der Waals surface area (Å²) >= 11 is 0. The molecule has 1 aliphatic rings. The number of hydrogen-bond acceptors (Lipinski definition) is 0. The lowest BCUT2D eigenvalue weighted by Crippen LogP contribution is -2.13. The van der Waals surface area contributed by atoms with Crippen molar-refractivity contribution in [2.24, 2.45) is 5.92 Å². The first kappa shape index (κ1) is 23.3. The second-order valence-electron chi connectivity index (χ2n) is 7.94. The summed E-state index contributed by atoms with van der Waals surface area (Å²) < 4.78 is 36.8. The monoisotopic (exact) mass is 402 g/mol. The van der Waals surface area contributed by atoms with E-state index in [1.54, 1.807) is 6.92 Å². The minimum atomic E-state index is -0.530. The van der Waals surface area contributed by atoms with Gasteiger partial charge >= 0.3 is 0 Å². The molecule has 0 bridgehead atoms. The first-order valence-electron chi connectivity index (χ1n) is 10.7. The fourth-order valence-electron chi connectivity index (χ4n) is 3.88. The first-order valence-corrected chi connectivity index (χ1v) is 10.7. The van der Waals surface area contributed by atoms with E-state index in [0.29, 0.717) is 17.4 Å². The molecule has 0 amide bonds. The summed E-state index contributed by atoms with van der Waals surface area (Å²) in [6, 6.07) is 12.7. The molecule has 0 aromatic heterocycles. The van der Waals surface area contributed by atoms with Crippen LogP contribution in [0.25, 0.3) is 0 Å². The van der Waals surface area contributed by atoms with Crippen molar-refractivity contribution in [1.82, 2.24) is 0 Å². The maximum atomic E-state index is 12.4. The third kappa shape index (κ3) is 8.08. The predicted molar refractivity (Wildman–Crippen MR) is 116 cm³/mol. The quantitative estimate of drug-likeness (QED) is 0.428. The smallest absolute Gasteiger partial charge is 0.129 e. The number of benzene rings is 2. The molecule has 3 heteroatoms. The standard InChI is InChI=1S/C19H27F.C7H6F2/c1-2-3-4-5-16-6-10-18(11-7-16)19-12-8-17(9-13-19)14-15-20;1-5-2-3-6(8)4-7(5)9/h2-3,6-7,10-11,17,19H,4-5,8-9,12-15H2,1H3;2-4H,1H3/b3-2+;. The molecule has 1 fully saturated rings. The van der Waals surface area contributed by atoms with Crippen LogP contribution in [-0.4, -0.2) is 6.67 Å². The van der Waals surface area contributed by atoms with Crippen LogP contribution in [0.4, 0.5) is 13.2 Å². The molecule has 1 aliphatic carbocycles. The Bertz CT molecular complexity index is 741. The van der Waals surface area contributed by atoms with E-state index in [-0.39, 0.29) is 6.67 Å². The van der Waals surface area contributed by atoms with Gasteiger partial charge in [0.1, 0.15) is 11.6 Å². The largest absolute Gasteiger partial charge is 0.251 e. The molecule has 0 saturated heterocycles. The van der Waals surface area contributed by atoms with Gasteiger partial charge in [-0.2, -0.15) is 0 Å². The Hall–Kier alpha value is -2.03. The van der Waals surface area contributed by atoms with Crippen LogP contribution in [0.5, 0.6) is 0 Å². The first-order chi connectivity index (χ1) is 14.0. The van der Waals surface area contributed by atoms with Crippen LogP contribution < -0.4 is 0 Å². The van der Waals surface area contributed by atoms with Crippen molar-refractivity contribution in [3.8, 4) is 0 Å². The molecular formula is C26H33F3. The Kier molecular flexibility index (Phi) is 10.0. The fraction of sp³-hybridized carbons (Fsp3) is 0.462.